The molecule has 0 saturated heterocycles. The third-order valence-electron chi connectivity index (χ3n) is 3.66. The first kappa shape index (κ1) is 23.5. The number of carbonyl (C=O) groups is 2. The molecule has 1 aromatic rings. The molecule has 0 spiro atoms. The van der Waals surface area contributed by atoms with Gasteiger partial charge in [0.05, 0.1) is 12.6 Å². The van der Waals surface area contributed by atoms with Crippen LogP contribution >= 0.6 is 0 Å². The van der Waals surface area contributed by atoms with E-state index in [9.17, 15) is 9.59 Å². The number of benzene rings is 1. The summed E-state index contributed by atoms with van der Waals surface area (Å²) >= 11 is 0. The molecular weight excluding hydrogens is 386 g/mol. The highest BCUT2D eigenvalue weighted by Gasteiger charge is 2.31. The van der Waals surface area contributed by atoms with Crippen LogP contribution in [0.25, 0.3) is 0 Å². The van der Waals surface area contributed by atoms with Crippen molar-refractivity contribution >= 4 is 18.1 Å². The summed E-state index contributed by atoms with van der Waals surface area (Å²) in [6.45, 7) is 11.0. The lowest BCUT2D eigenvalue weighted by atomic mass is 10.2. The van der Waals surface area contributed by atoms with E-state index < -0.39 is 23.4 Å². The topological polar surface area (TPSA) is 89.5 Å². The Bertz CT molecular complexity index is 746. The van der Waals surface area contributed by atoms with Crippen LogP contribution in [0.15, 0.2) is 35.3 Å². The number of ether oxygens (including phenoxy) is 3. The Labute approximate surface area is 178 Å². The van der Waals surface area contributed by atoms with Gasteiger partial charge < -0.3 is 14.2 Å². The number of hydrogen-bond acceptors (Lipinski definition) is 6. The Morgan fingerprint density at radius 2 is 1.63 bits per heavy atom. The van der Waals surface area contributed by atoms with E-state index in [1.165, 1.54) is 4.90 Å². The fourth-order valence-corrected chi connectivity index (χ4v) is 2.31. The van der Waals surface area contributed by atoms with E-state index in [0.717, 1.165) is 12.8 Å². The van der Waals surface area contributed by atoms with Gasteiger partial charge in [-0.05, 0) is 66.5 Å². The summed E-state index contributed by atoms with van der Waals surface area (Å²) in [5.74, 6) is 0.792. The fraction of sp³-hybridized carbons (Fsp3) is 0.591. The molecule has 1 aliphatic rings. The van der Waals surface area contributed by atoms with Gasteiger partial charge in [0.2, 0.25) is 5.96 Å². The lowest BCUT2D eigenvalue weighted by Gasteiger charge is -2.29. The van der Waals surface area contributed by atoms with Crippen LogP contribution in [0.2, 0.25) is 0 Å². The van der Waals surface area contributed by atoms with Gasteiger partial charge >= 0.3 is 12.2 Å². The normalized spacial score (nSPS) is 14.7. The van der Waals surface area contributed by atoms with Crippen molar-refractivity contribution in [1.82, 2.24) is 10.2 Å². The molecule has 8 heteroatoms. The number of alkyl carbamates (subject to hydrolysis) is 1. The van der Waals surface area contributed by atoms with E-state index in [0.29, 0.717) is 5.75 Å². The van der Waals surface area contributed by atoms with Crippen molar-refractivity contribution in [3.8, 4) is 5.75 Å². The first-order valence-corrected chi connectivity index (χ1v) is 10.2. The minimum atomic E-state index is -0.702. The van der Waals surface area contributed by atoms with Crippen molar-refractivity contribution in [1.29, 1.82) is 0 Å². The van der Waals surface area contributed by atoms with Crippen molar-refractivity contribution in [2.24, 2.45) is 4.99 Å². The van der Waals surface area contributed by atoms with Crippen LogP contribution in [0.1, 0.15) is 54.4 Å². The zero-order valence-corrected chi connectivity index (χ0v) is 18.7. The highest BCUT2D eigenvalue weighted by Crippen LogP contribution is 2.24. The first-order valence-electron chi connectivity index (χ1n) is 10.2. The molecule has 2 amide bonds. The zero-order chi connectivity index (χ0) is 22.4. The quantitative estimate of drug-likeness (QED) is 0.566. The predicted molar refractivity (Wildman–Crippen MR) is 115 cm³/mol. The van der Waals surface area contributed by atoms with Crippen molar-refractivity contribution in [3.63, 3.8) is 0 Å². The Balaban J connectivity index is 2.16. The van der Waals surface area contributed by atoms with Crippen LogP contribution in [-0.2, 0) is 9.47 Å². The minimum absolute atomic E-state index is 0.0647. The number of nitrogens with one attached hydrogen (secondary N) is 1. The molecule has 0 unspecified atom stereocenters. The largest absolute Gasteiger partial charge is 0.492 e. The Hall–Kier alpha value is -2.77. The maximum Gasteiger partial charge on any atom is 0.417 e. The highest BCUT2D eigenvalue weighted by molar-refractivity contribution is 6.01. The molecule has 0 heterocycles. The summed E-state index contributed by atoms with van der Waals surface area (Å²) in [6.07, 6.45) is 0.513. The number of rotatable bonds is 5. The van der Waals surface area contributed by atoms with Gasteiger partial charge in [0.25, 0.3) is 0 Å². The number of nitrogens with zero attached hydrogens (tertiary/aromatic N) is 2. The Morgan fingerprint density at radius 3 is 2.17 bits per heavy atom. The van der Waals surface area contributed by atoms with E-state index in [2.05, 4.69) is 10.3 Å². The second kappa shape index (κ2) is 9.82. The molecular formula is C22H33N3O5. The van der Waals surface area contributed by atoms with Crippen LogP contribution in [0.5, 0.6) is 5.75 Å². The molecule has 0 aliphatic heterocycles. The van der Waals surface area contributed by atoms with E-state index in [-0.39, 0.29) is 25.2 Å². The summed E-state index contributed by atoms with van der Waals surface area (Å²) in [4.78, 5) is 31.0. The third kappa shape index (κ3) is 9.15. The van der Waals surface area contributed by atoms with Crippen LogP contribution in [0.4, 0.5) is 9.59 Å². The number of para-hydroxylation sites is 1. The molecule has 0 aromatic heterocycles. The molecule has 1 aromatic carbocycles. The summed E-state index contributed by atoms with van der Waals surface area (Å²) in [5.41, 5.74) is -1.38. The molecule has 1 fully saturated rings. The molecule has 1 saturated carbocycles. The van der Waals surface area contributed by atoms with Crippen LogP contribution in [0.3, 0.4) is 0 Å². The lowest BCUT2D eigenvalue weighted by molar-refractivity contribution is 0.0341. The van der Waals surface area contributed by atoms with Crippen LogP contribution in [-0.4, -0.2) is 53.4 Å². The summed E-state index contributed by atoms with van der Waals surface area (Å²) < 4.78 is 16.6. The second-order valence-electron chi connectivity index (χ2n) is 9.10. The lowest BCUT2D eigenvalue weighted by Crippen LogP contribution is -2.51. The van der Waals surface area contributed by atoms with Gasteiger partial charge in [-0.25, -0.2) is 19.5 Å². The smallest absolute Gasteiger partial charge is 0.417 e. The number of amides is 2. The standard InChI is InChI=1S/C22H33N3O5/c1-21(2,3)29-19(26)24-18(23-16-12-13-16)25(20(27)30-22(4,5)6)14-15-28-17-10-8-7-9-11-17/h7-11,16H,12-15H2,1-6H3,(H,23,24,26). The van der Waals surface area contributed by atoms with E-state index in [4.69, 9.17) is 14.2 Å². The molecule has 0 radical (unpaired) electrons. The monoisotopic (exact) mass is 419 g/mol. The molecule has 0 atom stereocenters. The van der Waals surface area contributed by atoms with Gasteiger partial charge in [0, 0.05) is 0 Å². The average Bonchev–Trinajstić information content (AvgIpc) is 3.40. The number of carbonyl (C=O) groups excluding carboxylic acids is 2. The van der Waals surface area contributed by atoms with Crippen LogP contribution < -0.4 is 10.1 Å². The van der Waals surface area contributed by atoms with E-state index in [1.807, 2.05) is 30.3 Å². The van der Waals surface area contributed by atoms with Gasteiger partial charge in [-0.15, -0.1) is 0 Å². The molecule has 166 valence electrons. The highest BCUT2D eigenvalue weighted by atomic mass is 16.6. The van der Waals surface area contributed by atoms with Crippen molar-refractivity contribution in [2.45, 2.75) is 71.6 Å². The third-order valence-corrected chi connectivity index (χ3v) is 3.66. The molecule has 1 N–H and O–H groups in total. The van der Waals surface area contributed by atoms with E-state index >= 15 is 0 Å². The van der Waals surface area contributed by atoms with Gasteiger partial charge in [-0.2, -0.15) is 0 Å². The van der Waals surface area contributed by atoms with Gasteiger partial charge in [-0.1, -0.05) is 18.2 Å². The van der Waals surface area contributed by atoms with Crippen molar-refractivity contribution in [2.75, 3.05) is 13.2 Å². The van der Waals surface area contributed by atoms with Crippen LogP contribution in [0, 0.1) is 0 Å². The summed E-state index contributed by atoms with van der Waals surface area (Å²) in [7, 11) is 0. The second-order valence-corrected chi connectivity index (χ2v) is 9.10. The fourth-order valence-electron chi connectivity index (χ4n) is 2.31. The Kier molecular flexibility index (Phi) is 7.70. The SMILES string of the molecule is CC(C)(C)OC(=O)NC(=NC1CC1)N(CCOc1ccccc1)C(=O)OC(C)(C)C. The van der Waals surface area contributed by atoms with Gasteiger partial charge in [0.1, 0.15) is 23.6 Å². The van der Waals surface area contributed by atoms with Crippen molar-refractivity contribution in [3.05, 3.63) is 30.3 Å². The minimum Gasteiger partial charge on any atom is -0.492 e. The Morgan fingerprint density at radius 1 is 1.03 bits per heavy atom. The number of guanidine groups is 1. The summed E-state index contributed by atoms with van der Waals surface area (Å²) in [6, 6.07) is 9.35. The molecule has 30 heavy (non-hydrogen) atoms. The van der Waals surface area contributed by atoms with E-state index in [1.54, 1.807) is 41.5 Å². The van der Waals surface area contributed by atoms with Gasteiger partial charge in [0.15, 0.2) is 0 Å². The maximum absolute atomic E-state index is 12.9. The zero-order valence-electron chi connectivity index (χ0n) is 18.7. The number of hydrogen-bond donors (Lipinski definition) is 1. The number of aliphatic imine (C=N–C) groups is 1. The van der Waals surface area contributed by atoms with Gasteiger partial charge in [-0.3, -0.25) is 5.32 Å². The molecule has 8 nitrogen and oxygen atoms in total. The predicted octanol–water partition coefficient (Wildman–Crippen LogP) is 4.35. The average molecular weight is 420 g/mol. The van der Waals surface area contributed by atoms with Crippen molar-refractivity contribution < 1.29 is 23.8 Å². The summed E-state index contributed by atoms with van der Waals surface area (Å²) in [5, 5.41) is 2.62. The first-order chi connectivity index (χ1) is 13.9. The molecule has 2 rings (SSSR count). The molecule has 1 aliphatic carbocycles. The molecule has 0 bridgehead atoms. The maximum atomic E-state index is 12.9.